The molecular weight excluding hydrogens is 226 g/mol. The molecule has 6 nitrogen and oxygen atoms in total. The number of hydrogen-bond acceptors (Lipinski definition) is 5. The number of ether oxygens (including phenoxy) is 1. The number of nitrogens with one attached hydrogen (secondary N) is 1. The van der Waals surface area contributed by atoms with Gasteiger partial charge >= 0.3 is 5.97 Å². The van der Waals surface area contributed by atoms with E-state index in [1.807, 2.05) is 0 Å². The molecule has 0 aliphatic rings. The molecule has 1 aromatic rings. The number of carboxylic acid groups (broad SMARTS) is 1. The van der Waals surface area contributed by atoms with E-state index in [0.29, 0.717) is 24.4 Å². The summed E-state index contributed by atoms with van der Waals surface area (Å²) in [4.78, 5) is 10.7. The minimum absolute atomic E-state index is 0.0424. The number of carboxylic acids is 1. The summed E-state index contributed by atoms with van der Waals surface area (Å²) in [6, 6.07) is 1.67. The number of aliphatic hydroxyl groups is 1. The summed E-state index contributed by atoms with van der Waals surface area (Å²) in [5.41, 5.74) is 0.590. The van der Waals surface area contributed by atoms with Gasteiger partial charge in [0.2, 0.25) is 5.76 Å². The van der Waals surface area contributed by atoms with E-state index in [4.69, 9.17) is 14.3 Å². The van der Waals surface area contributed by atoms with E-state index in [1.54, 1.807) is 13.0 Å². The summed E-state index contributed by atoms with van der Waals surface area (Å²) in [6.07, 6.45) is -0.588. The molecule has 96 valence electrons. The average Bonchev–Trinajstić information content (AvgIpc) is 2.60. The summed E-state index contributed by atoms with van der Waals surface area (Å²) in [7, 11) is 1.51. The predicted molar refractivity (Wildman–Crippen MR) is 60.0 cm³/mol. The fraction of sp³-hybridized carbons (Fsp3) is 0.545. The van der Waals surface area contributed by atoms with Gasteiger partial charge < -0.3 is 24.7 Å². The Morgan fingerprint density at radius 3 is 2.88 bits per heavy atom. The van der Waals surface area contributed by atoms with Crippen molar-refractivity contribution in [1.82, 2.24) is 5.32 Å². The zero-order chi connectivity index (χ0) is 12.8. The highest BCUT2D eigenvalue weighted by atomic mass is 16.5. The van der Waals surface area contributed by atoms with Crippen LogP contribution in [0.5, 0.6) is 0 Å². The van der Waals surface area contributed by atoms with Crippen LogP contribution in [-0.4, -0.2) is 42.5 Å². The van der Waals surface area contributed by atoms with E-state index in [9.17, 15) is 9.90 Å². The van der Waals surface area contributed by atoms with E-state index in [-0.39, 0.29) is 12.4 Å². The maximum absolute atomic E-state index is 10.7. The fourth-order valence-electron chi connectivity index (χ4n) is 1.46. The number of hydrogen-bond donors (Lipinski definition) is 3. The third kappa shape index (κ3) is 4.18. The van der Waals surface area contributed by atoms with Crippen LogP contribution in [0.1, 0.15) is 21.9 Å². The second-order valence-corrected chi connectivity index (χ2v) is 3.77. The summed E-state index contributed by atoms with van der Waals surface area (Å²) in [6.45, 7) is 2.66. The molecule has 0 spiro atoms. The van der Waals surface area contributed by atoms with E-state index in [2.05, 4.69) is 5.32 Å². The Bertz CT molecular complexity index is 374. The van der Waals surface area contributed by atoms with E-state index >= 15 is 0 Å². The van der Waals surface area contributed by atoms with Gasteiger partial charge in [-0.05, 0) is 13.0 Å². The first-order chi connectivity index (χ1) is 8.04. The molecule has 3 N–H and O–H groups in total. The molecule has 1 heterocycles. The molecule has 6 heteroatoms. The van der Waals surface area contributed by atoms with Crippen molar-refractivity contribution in [2.75, 3.05) is 20.3 Å². The van der Waals surface area contributed by atoms with Gasteiger partial charge in [-0.15, -0.1) is 0 Å². The molecule has 0 aromatic carbocycles. The lowest BCUT2D eigenvalue weighted by Crippen LogP contribution is -2.29. The number of rotatable bonds is 7. The maximum Gasteiger partial charge on any atom is 0.372 e. The van der Waals surface area contributed by atoms with Gasteiger partial charge in [0.1, 0.15) is 5.76 Å². The Hall–Kier alpha value is -1.37. The minimum Gasteiger partial charge on any atom is -0.475 e. The van der Waals surface area contributed by atoms with E-state index in [0.717, 1.165) is 0 Å². The monoisotopic (exact) mass is 243 g/mol. The summed E-state index contributed by atoms with van der Waals surface area (Å²) in [5.74, 6) is -0.586. The van der Waals surface area contributed by atoms with Crippen molar-refractivity contribution in [2.24, 2.45) is 0 Å². The third-order valence-corrected chi connectivity index (χ3v) is 2.20. The number of methoxy groups -OCH3 is 1. The largest absolute Gasteiger partial charge is 0.475 e. The Balaban J connectivity index is 2.42. The van der Waals surface area contributed by atoms with Crippen LogP contribution in [0.4, 0.5) is 0 Å². The highest BCUT2D eigenvalue weighted by Gasteiger charge is 2.14. The van der Waals surface area contributed by atoms with E-state index < -0.39 is 12.1 Å². The van der Waals surface area contributed by atoms with E-state index in [1.165, 1.54) is 7.11 Å². The second-order valence-electron chi connectivity index (χ2n) is 3.77. The van der Waals surface area contributed by atoms with Crippen molar-refractivity contribution in [3.8, 4) is 0 Å². The van der Waals surface area contributed by atoms with Crippen molar-refractivity contribution in [1.29, 1.82) is 0 Å². The first-order valence-corrected chi connectivity index (χ1v) is 5.25. The topological polar surface area (TPSA) is 91.9 Å². The predicted octanol–water partition coefficient (Wildman–Crippen LogP) is 0.383. The number of carbonyl (C=O) groups is 1. The lowest BCUT2D eigenvalue weighted by molar-refractivity contribution is 0.0633. The zero-order valence-electron chi connectivity index (χ0n) is 9.90. The molecule has 1 rings (SSSR count). The molecule has 0 bridgehead atoms. The van der Waals surface area contributed by atoms with Gasteiger partial charge in [0, 0.05) is 19.2 Å². The molecule has 1 unspecified atom stereocenters. The molecule has 0 saturated heterocycles. The molecule has 0 aliphatic heterocycles. The van der Waals surface area contributed by atoms with Gasteiger partial charge in [-0.2, -0.15) is 0 Å². The third-order valence-electron chi connectivity index (χ3n) is 2.20. The minimum atomic E-state index is -1.08. The van der Waals surface area contributed by atoms with Crippen LogP contribution in [0, 0.1) is 6.92 Å². The molecule has 0 radical (unpaired) electrons. The molecule has 0 saturated carbocycles. The van der Waals surface area contributed by atoms with Gasteiger partial charge in [0.15, 0.2) is 0 Å². The van der Waals surface area contributed by atoms with Crippen molar-refractivity contribution < 1.29 is 24.2 Å². The fourth-order valence-corrected chi connectivity index (χ4v) is 1.46. The van der Waals surface area contributed by atoms with Crippen molar-refractivity contribution >= 4 is 5.97 Å². The van der Waals surface area contributed by atoms with Crippen LogP contribution in [-0.2, 0) is 11.3 Å². The van der Waals surface area contributed by atoms with Crippen molar-refractivity contribution in [3.05, 3.63) is 23.2 Å². The molecular formula is C11H17NO5. The molecule has 0 amide bonds. The van der Waals surface area contributed by atoms with Crippen LogP contribution in [0.25, 0.3) is 0 Å². The first-order valence-electron chi connectivity index (χ1n) is 5.25. The Labute approximate surface area is 99.2 Å². The highest BCUT2D eigenvalue weighted by Crippen LogP contribution is 2.14. The van der Waals surface area contributed by atoms with Crippen LogP contribution in [0.2, 0.25) is 0 Å². The normalized spacial score (nSPS) is 12.6. The molecule has 17 heavy (non-hydrogen) atoms. The molecule has 0 fully saturated rings. The number of aromatic carboxylic acids is 1. The smallest absolute Gasteiger partial charge is 0.372 e. The first kappa shape index (κ1) is 13.7. The van der Waals surface area contributed by atoms with Crippen LogP contribution >= 0.6 is 0 Å². The summed E-state index contributed by atoms with van der Waals surface area (Å²) < 4.78 is 9.91. The van der Waals surface area contributed by atoms with Gasteiger partial charge in [-0.1, -0.05) is 0 Å². The lowest BCUT2D eigenvalue weighted by Gasteiger charge is -2.09. The Kier molecular flexibility index (Phi) is 5.14. The Morgan fingerprint density at radius 1 is 1.65 bits per heavy atom. The average molecular weight is 243 g/mol. The quantitative estimate of drug-likeness (QED) is 0.641. The standard InChI is InChI=1S/C11H17NO5/c1-7-3-9(17-10(7)11(14)15)5-12-4-8(13)6-16-2/h3,8,12-13H,4-6H2,1-2H3,(H,14,15). The van der Waals surface area contributed by atoms with Crippen LogP contribution < -0.4 is 5.32 Å². The SMILES string of the molecule is COCC(O)CNCc1cc(C)c(C(=O)O)o1. The van der Waals surface area contributed by atoms with Crippen LogP contribution in [0.3, 0.4) is 0 Å². The van der Waals surface area contributed by atoms with Gasteiger partial charge in [-0.25, -0.2) is 4.79 Å². The maximum atomic E-state index is 10.7. The summed E-state index contributed by atoms with van der Waals surface area (Å²) in [5, 5.41) is 21.1. The summed E-state index contributed by atoms with van der Waals surface area (Å²) >= 11 is 0. The molecule has 0 aliphatic carbocycles. The number of aryl methyl sites for hydroxylation is 1. The number of aliphatic hydroxyl groups excluding tert-OH is 1. The van der Waals surface area contributed by atoms with Gasteiger partial charge in [-0.3, -0.25) is 0 Å². The van der Waals surface area contributed by atoms with Gasteiger partial charge in [0.05, 0.1) is 19.3 Å². The van der Waals surface area contributed by atoms with Crippen LogP contribution in [0.15, 0.2) is 10.5 Å². The van der Waals surface area contributed by atoms with Crippen molar-refractivity contribution in [3.63, 3.8) is 0 Å². The Morgan fingerprint density at radius 2 is 2.35 bits per heavy atom. The highest BCUT2D eigenvalue weighted by molar-refractivity contribution is 5.86. The second kappa shape index (κ2) is 6.39. The zero-order valence-corrected chi connectivity index (χ0v) is 9.90. The number of furan rings is 1. The van der Waals surface area contributed by atoms with Crippen molar-refractivity contribution in [2.45, 2.75) is 19.6 Å². The molecule has 1 atom stereocenters. The molecule has 1 aromatic heterocycles. The lowest BCUT2D eigenvalue weighted by atomic mass is 10.2. The van der Waals surface area contributed by atoms with Gasteiger partial charge in [0.25, 0.3) is 0 Å².